The average molecular weight is 621 g/mol. The number of para-hydroxylation sites is 1. The predicted molar refractivity (Wildman–Crippen MR) is 197 cm³/mol. The van der Waals surface area contributed by atoms with E-state index in [0.717, 1.165) is 44.4 Å². The fraction of sp³-hybridized carbons (Fsp3) is 0.0714. The van der Waals surface area contributed by atoms with Crippen molar-refractivity contribution in [1.29, 1.82) is 0 Å². The van der Waals surface area contributed by atoms with Gasteiger partial charge in [0.2, 0.25) is 5.95 Å². The molecule has 0 amide bonds. The second-order valence-corrected chi connectivity index (χ2v) is 13.9. The molecular formula is C42H28N4S. The minimum atomic E-state index is -0.278. The SMILES string of the molecule is CC1(C)c2ccccc2N(c2nc(-c3ccccn3)c3ccc4ccccc4c3n2)c2c1c1ccccc1c1c2sc2ccccc21. The molecule has 0 fully saturated rings. The molecule has 4 heterocycles. The maximum Gasteiger partial charge on any atom is 0.235 e. The van der Waals surface area contributed by atoms with Crippen molar-refractivity contribution in [3.63, 3.8) is 0 Å². The van der Waals surface area contributed by atoms with Crippen molar-refractivity contribution >= 4 is 81.3 Å². The van der Waals surface area contributed by atoms with Crippen LogP contribution in [0.2, 0.25) is 0 Å². The summed E-state index contributed by atoms with van der Waals surface area (Å²) < 4.78 is 2.53. The Balaban J connectivity index is 1.42. The molecule has 3 aromatic heterocycles. The fourth-order valence-electron chi connectivity index (χ4n) is 7.80. The molecule has 0 saturated heterocycles. The Hall–Kier alpha value is -5.65. The average Bonchev–Trinajstić information content (AvgIpc) is 3.52. The molecule has 0 saturated carbocycles. The number of pyridine rings is 1. The van der Waals surface area contributed by atoms with E-state index in [1.807, 2.05) is 35.7 Å². The quantitative estimate of drug-likeness (QED) is 0.180. The molecular weight excluding hydrogens is 593 g/mol. The van der Waals surface area contributed by atoms with E-state index in [0.29, 0.717) is 5.95 Å². The Morgan fingerprint density at radius 2 is 1.34 bits per heavy atom. The van der Waals surface area contributed by atoms with Crippen molar-refractivity contribution in [2.75, 3.05) is 4.90 Å². The lowest BCUT2D eigenvalue weighted by Crippen LogP contribution is -2.31. The zero-order chi connectivity index (χ0) is 31.3. The molecule has 0 aliphatic carbocycles. The van der Waals surface area contributed by atoms with Gasteiger partial charge in [0.25, 0.3) is 0 Å². The lowest BCUT2D eigenvalue weighted by atomic mass is 9.71. The number of hydrogen-bond donors (Lipinski definition) is 0. The third-order valence-corrected chi connectivity index (χ3v) is 11.0. The summed E-state index contributed by atoms with van der Waals surface area (Å²) in [5.41, 5.74) is 7.11. The highest BCUT2D eigenvalue weighted by atomic mass is 32.1. The van der Waals surface area contributed by atoms with Gasteiger partial charge in [0.1, 0.15) is 5.69 Å². The Morgan fingerprint density at radius 3 is 2.19 bits per heavy atom. The molecule has 222 valence electrons. The van der Waals surface area contributed by atoms with Gasteiger partial charge in [0.15, 0.2) is 0 Å². The van der Waals surface area contributed by atoms with Gasteiger partial charge in [-0.1, -0.05) is 111 Å². The minimum Gasteiger partial charge on any atom is -0.277 e. The van der Waals surface area contributed by atoms with Crippen molar-refractivity contribution in [3.8, 4) is 11.4 Å². The van der Waals surface area contributed by atoms with Crippen molar-refractivity contribution < 1.29 is 0 Å². The van der Waals surface area contributed by atoms with E-state index in [-0.39, 0.29) is 5.41 Å². The first-order chi connectivity index (χ1) is 23.1. The summed E-state index contributed by atoms with van der Waals surface area (Å²) in [6.45, 7) is 4.73. The van der Waals surface area contributed by atoms with Gasteiger partial charge in [-0.3, -0.25) is 9.88 Å². The normalized spacial score (nSPS) is 13.9. The fourth-order valence-corrected chi connectivity index (χ4v) is 9.05. The largest absolute Gasteiger partial charge is 0.277 e. The maximum absolute atomic E-state index is 5.49. The highest BCUT2D eigenvalue weighted by Gasteiger charge is 2.41. The Labute approximate surface area is 275 Å². The summed E-state index contributed by atoms with van der Waals surface area (Å²) in [7, 11) is 0. The lowest BCUT2D eigenvalue weighted by Gasteiger charge is -2.42. The molecule has 0 unspecified atom stereocenters. The lowest BCUT2D eigenvalue weighted by molar-refractivity contribution is 0.638. The molecule has 47 heavy (non-hydrogen) atoms. The number of thiophene rings is 1. The highest BCUT2D eigenvalue weighted by molar-refractivity contribution is 7.26. The van der Waals surface area contributed by atoms with E-state index in [1.165, 1.54) is 42.1 Å². The van der Waals surface area contributed by atoms with Crippen molar-refractivity contribution in [3.05, 3.63) is 145 Å². The van der Waals surface area contributed by atoms with Crippen LogP contribution in [0.25, 0.3) is 64.0 Å². The van der Waals surface area contributed by atoms with Gasteiger partial charge in [-0.05, 0) is 57.6 Å². The maximum atomic E-state index is 5.49. The second-order valence-electron chi connectivity index (χ2n) is 12.8. The molecule has 0 atom stereocenters. The summed E-state index contributed by atoms with van der Waals surface area (Å²) in [5, 5.41) is 8.35. The van der Waals surface area contributed by atoms with Gasteiger partial charge < -0.3 is 0 Å². The van der Waals surface area contributed by atoms with Gasteiger partial charge in [0, 0.05) is 37.9 Å². The van der Waals surface area contributed by atoms with Gasteiger partial charge in [-0.25, -0.2) is 9.97 Å². The van der Waals surface area contributed by atoms with Crippen molar-refractivity contribution in [2.24, 2.45) is 0 Å². The third-order valence-electron chi connectivity index (χ3n) is 9.87. The molecule has 0 N–H and O–H groups in total. The first-order valence-corrected chi connectivity index (χ1v) is 16.8. The van der Waals surface area contributed by atoms with Crippen LogP contribution in [0.15, 0.2) is 134 Å². The Kier molecular flexibility index (Phi) is 5.47. The smallest absolute Gasteiger partial charge is 0.235 e. The number of anilines is 3. The summed E-state index contributed by atoms with van der Waals surface area (Å²) >= 11 is 1.86. The van der Waals surface area contributed by atoms with Crippen LogP contribution in [0.5, 0.6) is 0 Å². The number of fused-ring (bicyclic) bond motifs is 12. The van der Waals surface area contributed by atoms with Crippen LogP contribution in [0.4, 0.5) is 17.3 Å². The Morgan fingerprint density at radius 1 is 0.617 bits per heavy atom. The van der Waals surface area contributed by atoms with E-state index in [1.54, 1.807) is 0 Å². The standard InChI is InChI=1S/C42H28N4S/c1-42(2)31-18-8-9-20-33(31)46(39-36(42)28-16-6-5-15-27(28)35-29-17-7-10-21-34(29)47-40(35)39)41-44-37-26-14-4-3-13-25(26)22-23-30(37)38(45-41)32-19-11-12-24-43-32/h3-24H,1-2H3. The zero-order valence-corrected chi connectivity index (χ0v) is 26.7. The monoisotopic (exact) mass is 620 g/mol. The molecule has 0 bridgehead atoms. The summed E-state index contributed by atoms with van der Waals surface area (Å²) in [4.78, 5) is 18.1. The van der Waals surface area contributed by atoms with Crippen LogP contribution in [0.3, 0.4) is 0 Å². The molecule has 0 spiro atoms. The second kappa shape index (κ2) is 9.68. The van der Waals surface area contributed by atoms with Crippen LogP contribution in [-0.4, -0.2) is 15.0 Å². The number of aromatic nitrogens is 3. The molecule has 4 nitrogen and oxygen atoms in total. The molecule has 1 aliphatic heterocycles. The summed E-state index contributed by atoms with van der Waals surface area (Å²) in [6, 6.07) is 45.3. The molecule has 9 aromatic rings. The Bertz CT molecular complexity index is 2730. The summed E-state index contributed by atoms with van der Waals surface area (Å²) in [5.74, 6) is 0.646. The minimum absolute atomic E-state index is 0.278. The van der Waals surface area contributed by atoms with Crippen LogP contribution >= 0.6 is 11.3 Å². The van der Waals surface area contributed by atoms with Crippen molar-refractivity contribution in [1.82, 2.24) is 15.0 Å². The number of benzene rings is 6. The van der Waals surface area contributed by atoms with Crippen LogP contribution in [-0.2, 0) is 5.41 Å². The predicted octanol–water partition coefficient (Wildman–Crippen LogP) is 11.5. The van der Waals surface area contributed by atoms with E-state index < -0.39 is 0 Å². The van der Waals surface area contributed by atoms with Gasteiger partial charge in [0.05, 0.1) is 27.3 Å². The molecule has 0 radical (unpaired) electrons. The topological polar surface area (TPSA) is 41.9 Å². The van der Waals surface area contributed by atoms with Crippen LogP contribution < -0.4 is 4.90 Å². The van der Waals surface area contributed by atoms with Crippen molar-refractivity contribution in [2.45, 2.75) is 19.3 Å². The molecule has 10 rings (SSSR count). The molecule has 6 aromatic carbocycles. The van der Waals surface area contributed by atoms with Gasteiger partial charge in [-0.15, -0.1) is 11.3 Å². The van der Waals surface area contributed by atoms with Gasteiger partial charge in [-0.2, -0.15) is 0 Å². The molecule has 1 aliphatic rings. The van der Waals surface area contributed by atoms with Crippen LogP contribution in [0.1, 0.15) is 25.0 Å². The summed E-state index contributed by atoms with van der Waals surface area (Å²) in [6.07, 6.45) is 1.84. The van der Waals surface area contributed by atoms with E-state index in [9.17, 15) is 0 Å². The zero-order valence-electron chi connectivity index (χ0n) is 25.9. The first-order valence-electron chi connectivity index (χ1n) is 16.0. The number of rotatable bonds is 2. The third kappa shape index (κ3) is 3.66. The van der Waals surface area contributed by atoms with E-state index >= 15 is 0 Å². The first kappa shape index (κ1) is 26.6. The van der Waals surface area contributed by atoms with E-state index in [2.05, 4.69) is 128 Å². The van der Waals surface area contributed by atoms with E-state index in [4.69, 9.17) is 15.0 Å². The van der Waals surface area contributed by atoms with Crippen LogP contribution in [0, 0.1) is 0 Å². The molecule has 5 heteroatoms. The van der Waals surface area contributed by atoms with Gasteiger partial charge >= 0.3 is 0 Å². The highest BCUT2D eigenvalue weighted by Crippen LogP contribution is 2.58. The number of hydrogen-bond acceptors (Lipinski definition) is 5. The number of nitrogens with zero attached hydrogens (tertiary/aromatic N) is 4.